The van der Waals surface area contributed by atoms with E-state index in [9.17, 15) is 31.1 Å². The van der Waals surface area contributed by atoms with Crippen molar-refractivity contribution in [1.29, 1.82) is 0 Å². The smallest absolute Gasteiger partial charge is 0.422 e. The molecule has 0 aliphatic carbocycles. The minimum absolute atomic E-state index is 0.000788. The molecule has 0 radical (unpaired) electrons. The number of amides is 1. The molecule has 1 N–H and O–H groups in total. The topological polar surface area (TPSA) is 73.3 Å². The van der Waals surface area contributed by atoms with Crippen LogP contribution in [-0.2, 0) is 17.4 Å². The fourth-order valence-electron chi connectivity index (χ4n) is 2.89. The molecule has 6 nitrogen and oxygen atoms in total. The van der Waals surface area contributed by atoms with Crippen LogP contribution in [0.25, 0.3) is 0 Å². The van der Waals surface area contributed by atoms with Crippen molar-refractivity contribution < 1.29 is 40.6 Å². The number of hydrogen-bond donors (Lipinski definition) is 1. The highest BCUT2D eigenvalue weighted by Crippen LogP contribution is 2.31. The van der Waals surface area contributed by atoms with Gasteiger partial charge in [-0.3, -0.25) is 9.78 Å². The summed E-state index contributed by atoms with van der Waals surface area (Å²) in [7, 11) is 0. The maximum Gasteiger partial charge on any atom is 0.422 e. The highest BCUT2D eigenvalue weighted by Gasteiger charge is 2.31. The van der Waals surface area contributed by atoms with Crippen LogP contribution >= 0.6 is 0 Å². The van der Waals surface area contributed by atoms with Gasteiger partial charge in [0.1, 0.15) is 11.5 Å². The number of carbonyl (C=O) groups excluding carboxylic acids is 1. The predicted molar refractivity (Wildman–Crippen MR) is 112 cm³/mol. The van der Waals surface area contributed by atoms with E-state index >= 15 is 0 Å². The van der Waals surface area contributed by atoms with Gasteiger partial charge < -0.3 is 14.8 Å². The summed E-state index contributed by atoms with van der Waals surface area (Å²) >= 11 is 0. The largest absolute Gasteiger partial charge is 0.483 e. The number of rotatable bonds is 8. The van der Waals surface area contributed by atoms with Crippen molar-refractivity contribution in [3.8, 4) is 17.4 Å². The fourth-order valence-corrected chi connectivity index (χ4v) is 2.89. The van der Waals surface area contributed by atoms with E-state index in [1.807, 2.05) is 0 Å². The second kappa shape index (κ2) is 10.6. The summed E-state index contributed by atoms with van der Waals surface area (Å²) in [6.45, 7) is 0.232. The Morgan fingerprint density at radius 3 is 2.26 bits per heavy atom. The first-order valence-electron chi connectivity index (χ1n) is 10.1. The maximum atomic E-state index is 12.8. The van der Waals surface area contributed by atoms with Crippen molar-refractivity contribution in [1.82, 2.24) is 15.3 Å². The van der Waals surface area contributed by atoms with E-state index in [2.05, 4.69) is 20.0 Å². The van der Waals surface area contributed by atoms with Gasteiger partial charge in [-0.1, -0.05) is 12.1 Å². The highest BCUT2D eigenvalue weighted by atomic mass is 19.4. The van der Waals surface area contributed by atoms with Gasteiger partial charge >= 0.3 is 12.4 Å². The Bertz CT molecular complexity index is 1130. The van der Waals surface area contributed by atoms with Gasteiger partial charge in [-0.05, 0) is 42.8 Å². The molecule has 0 unspecified atom stereocenters. The summed E-state index contributed by atoms with van der Waals surface area (Å²) in [5.41, 5.74) is 0.154. The molecule has 0 aliphatic heterocycles. The van der Waals surface area contributed by atoms with Crippen LogP contribution in [0.5, 0.6) is 17.4 Å². The van der Waals surface area contributed by atoms with E-state index in [0.717, 1.165) is 24.5 Å². The van der Waals surface area contributed by atoms with Gasteiger partial charge in [0.2, 0.25) is 11.8 Å². The molecule has 0 bridgehead atoms. The summed E-state index contributed by atoms with van der Waals surface area (Å²) in [5.74, 6) is -0.370. The minimum atomic E-state index is -4.52. The number of nitrogens with zero attached hydrogens (tertiary/aromatic N) is 2. The zero-order valence-electron chi connectivity index (χ0n) is 18.2. The lowest BCUT2D eigenvalue weighted by atomic mass is 10.1. The third-order valence-electron chi connectivity index (χ3n) is 4.56. The Morgan fingerprint density at radius 2 is 1.66 bits per heavy atom. The molecule has 0 saturated carbocycles. The molecule has 3 rings (SSSR count). The maximum absolute atomic E-state index is 12.8. The lowest BCUT2D eigenvalue weighted by molar-refractivity contribution is -0.153. The minimum Gasteiger partial charge on any atom is -0.483 e. The third-order valence-corrected chi connectivity index (χ3v) is 4.56. The summed E-state index contributed by atoms with van der Waals surface area (Å²) in [5, 5.41) is 2.73. The van der Waals surface area contributed by atoms with Crippen LogP contribution in [0.15, 0.2) is 60.9 Å². The first kappa shape index (κ1) is 25.8. The number of pyridine rings is 2. The third kappa shape index (κ3) is 8.16. The van der Waals surface area contributed by atoms with Crippen molar-refractivity contribution in [2.45, 2.75) is 31.7 Å². The molecule has 2 aromatic heterocycles. The van der Waals surface area contributed by atoms with Crippen LogP contribution in [0.1, 0.15) is 29.8 Å². The Hall–Kier alpha value is -3.83. The van der Waals surface area contributed by atoms with Crippen molar-refractivity contribution in [2.75, 3.05) is 6.61 Å². The van der Waals surface area contributed by atoms with Crippen molar-refractivity contribution in [3.05, 3.63) is 77.7 Å². The van der Waals surface area contributed by atoms with Crippen molar-refractivity contribution in [3.63, 3.8) is 0 Å². The van der Waals surface area contributed by atoms with Gasteiger partial charge in [-0.25, -0.2) is 4.98 Å². The van der Waals surface area contributed by atoms with Crippen LogP contribution in [0, 0.1) is 0 Å². The first-order chi connectivity index (χ1) is 16.4. The summed E-state index contributed by atoms with van der Waals surface area (Å²) in [4.78, 5) is 20.1. The van der Waals surface area contributed by atoms with Crippen molar-refractivity contribution >= 4 is 5.91 Å². The van der Waals surface area contributed by atoms with Crippen LogP contribution < -0.4 is 14.8 Å². The second-order valence-corrected chi connectivity index (χ2v) is 7.42. The van der Waals surface area contributed by atoms with Gasteiger partial charge in [0.05, 0.1) is 29.9 Å². The van der Waals surface area contributed by atoms with Gasteiger partial charge in [-0.2, -0.15) is 26.3 Å². The highest BCUT2D eigenvalue weighted by molar-refractivity contribution is 5.79. The quantitative estimate of drug-likeness (QED) is 0.406. The molecule has 1 amide bonds. The molecule has 3 aromatic rings. The zero-order valence-corrected chi connectivity index (χ0v) is 18.2. The lowest BCUT2D eigenvalue weighted by Gasteiger charge is -2.15. The molecule has 2 heterocycles. The molecular weight excluding hydrogens is 480 g/mol. The van der Waals surface area contributed by atoms with Crippen LogP contribution in [-0.4, -0.2) is 28.7 Å². The van der Waals surface area contributed by atoms with Crippen molar-refractivity contribution in [2.24, 2.45) is 0 Å². The molecule has 35 heavy (non-hydrogen) atoms. The number of aromatic nitrogens is 2. The van der Waals surface area contributed by atoms with E-state index < -0.39 is 30.6 Å². The molecule has 12 heteroatoms. The summed E-state index contributed by atoms with van der Waals surface area (Å²) in [6, 6.07) is 10.0. The Morgan fingerprint density at radius 1 is 0.971 bits per heavy atom. The van der Waals surface area contributed by atoms with Crippen LogP contribution in [0.2, 0.25) is 0 Å². The standard InChI is InChI=1S/C23H19F6N3O3/c1-14(19-7-6-18(12-31-19)34-13-22(24,25)26)32-20(33)10-15-2-4-17(5-3-15)35-21-11-16(8-9-30-21)23(27,28)29/h2-9,11-12,14H,10,13H2,1H3,(H,32,33)/t14-/m1/s1. The van der Waals surface area contributed by atoms with E-state index in [-0.39, 0.29) is 29.7 Å². The fraction of sp³-hybridized carbons (Fsp3) is 0.261. The molecule has 186 valence electrons. The molecule has 1 aromatic carbocycles. The first-order valence-corrected chi connectivity index (χ1v) is 10.1. The van der Waals surface area contributed by atoms with Crippen LogP contribution in [0.3, 0.4) is 0 Å². The predicted octanol–water partition coefficient (Wildman–Crippen LogP) is 5.65. The van der Waals surface area contributed by atoms with E-state index in [4.69, 9.17) is 4.74 Å². The SMILES string of the molecule is C[C@@H](NC(=O)Cc1ccc(Oc2cc(C(F)(F)F)ccn2)cc1)c1ccc(OCC(F)(F)F)cn1. The molecule has 1 atom stereocenters. The van der Waals surface area contributed by atoms with Crippen LogP contribution in [0.4, 0.5) is 26.3 Å². The molecule has 0 saturated heterocycles. The molecule has 0 aliphatic rings. The molecule has 0 spiro atoms. The number of ether oxygens (including phenoxy) is 2. The monoisotopic (exact) mass is 499 g/mol. The normalized spacial score (nSPS) is 12.7. The van der Waals surface area contributed by atoms with E-state index in [0.29, 0.717) is 11.3 Å². The summed E-state index contributed by atoms with van der Waals surface area (Å²) in [6.07, 6.45) is -6.84. The Labute approximate surface area is 195 Å². The van der Waals surface area contributed by atoms with E-state index in [1.54, 1.807) is 19.1 Å². The Kier molecular flexibility index (Phi) is 7.82. The summed E-state index contributed by atoms with van der Waals surface area (Å²) < 4.78 is 85.0. The second-order valence-electron chi connectivity index (χ2n) is 7.42. The molecule has 0 fully saturated rings. The number of nitrogens with one attached hydrogen (secondary N) is 1. The number of benzene rings is 1. The average Bonchev–Trinajstić information content (AvgIpc) is 2.78. The molecular formula is C23H19F6N3O3. The zero-order chi connectivity index (χ0) is 25.6. The van der Waals surface area contributed by atoms with Gasteiger partial charge in [-0.15, -0.1) is 0 Å². The van der Waals surface area contributed by atoms with Gasteiger partial charge in [0, 0.05) is 12.3 Å². The average molecular weight is 499 g/mol. The lowest BCUT2D eigenvalue weighted by Crippen LogP contribution is -2.28. The van der Waals surface area contributed by atoms with Gasteiger partial charge in [0.15, 0.2) is 6.61 Å². The number of hydrogen-bond acceptors (Lipinski definition) is 5. The Balaban J connectivity index is 1.52. The number of halogens is 6. The van der Waals surface area contributed by atoms with Gasteiger partial charge in [0.25, 0.3) is 0 Å². The van der Waals surface area contributed by atoms with E-state index in [1.165, 1.54) is 24.3 Å². The number of alkyl halides is 6. The number of carbonyl (C=O) groups is 1.